The van der Waals surface area contributed by atoms with Crippen molar-refractivity contribution in [3.63, 3.8) is 0 Å². The second kappa shape index (κ2) is 7.26. The van der Waals surface area contributed by atoms with E-state index in [1.54, 1.807) is 4.72 Å². The minimum absolute atomic E-state index is 0.205. The molecule has 1 aliphatic rings. The first-order valence-corrected chi connectivity index (χ1v) is 8.53. The topological polar surface area (TPSA) is 61.4 Å². The molecule has 0 aromatic rings. The molecule has 0 aromatic carbocycles. The highest BCUT2D eigenvalue weighted by Gasteiger charge is 2.33. The number of rotatable bonds is 6. The van der Waals surface area contributed by atoms with Crippen molar-refractivity contribution in [3.05, 3.63) is 0 Å². The summed E-state index contributed by atoms with van der Waals surface area (Å²) >= 11 is 0. The Kier molecular flexibility index (Phi) is 6.45. The van der Waals surface area contributed by atoms with Crippen LogP contribution in [0.3, 0.4) is 0 Å². The summed E-state index contributed by atoms with van der Waals surface area (Å²) in [5.41, 5.74) is 0. The summed E-state index contributed by atoms with van der Waals surface area (Å²) in [7, 11) is -4.05. The van der Waals surface area contributed by atoms with E-state index in [0.29, 0.717) is 24.8 Å². The zero-order chi connectivity index (χ0) is 16.3. The molecule has 1 heterocycles. The van der Waals surface area contributed by atoms with Crippen molar-refractivity contribution < 1.29 is 21.6 Å². The maximum Gasteiger partial charge on any atom is 0.402 e. The minimum Gasteiger partial charge on any atom is -0.311 e. The average Bonchev–Trinajstić information content (AvgIpc) is 2.36. The molecule has 0 radical (unpaired) electrons. The highest BCUT2D eigenvalue weighted by molar-refractivity contribution is 7.87. The lowest BCUT2D eigenvalue weighted by Crippen LogP contribution is -2.51. The van der Waals surface area contributed by atoms with Crippen LogP contribution in [0.15, 0.2) is 0 Å². The van der Waals surface area contributed by atoms with Crippen LogP contribution >= 0.6 is 0 Å². The molecule has 9 heteroatoms. The van der Waals surface area contributed by atoms with Crippen LogP contribution in [0.2, 0.25) is 0 Å². The molecule has 1 saturated heterocycles. The fraction of sp³-hybridized carbons (Fsp3) is 1.00. The van der Waals surface area contributed by atoms with Gasteiger partial charge in [-0.05, 0) is 25.7 Å². The molecular formula is C12H24F3N3O2S. The van der Waals surface area contributed by atoms with E-state index in [0.717, 1.165) is 4.31 Å². The lowest BCUT2D eigenvalue weighted by molar-refractivity contribution is -0.121. The Hall–Kier alpha value is -0.380. The van der Waals surface area contributed by atoms with Crippen molar-refractivity contribution in [1.29, 1.82) is 0 Å². The normalized spacial score (nSPS) is 20.9. The monoisotopic (exact) mass is 331 g/mol. The molecule has 0 aromatic heterocycles. The first kappa shape index (κ1) is 18.7. The second-order valence-electron chi connectivity index (χ2n) is 5.81. The van der Waals surface area contributed by atoms with E-state index in [1.807, 2.05) is 0 Å². The zero-order valence-corrected chi connectivity index (χ0v) is 13.4. The highest BCUT2D eigenvalue weighted by atomic mass is 32.2. The van der Waals surface area contributed by atoms with Gasteiger partial charge in [0.05, 0.1) is 0 Å². The van der Waals surface area contributed by atoms with Crippen LogP contribution in [0, 0.1) is 5.92 Å². The lowest BCUT2D eigenvalue weighted by Gasteiger charge is -2.34. The fourth-order valence-corrected chi connectivity index (χ4v) is 3.31. The summed E-state index contributed by atoms with van der Waals surface area (Å²) in [6, 6.07) is 0.526. The number of halogens is 3. The summed E-state index contributed by atoms with van der Waals surface area (Å²) in [6.45, 7) is 5.19. The maximum atomic E-state index is 12.1. The van der Waals surface area contributed by atoms with Gasteiger partial charge in [0.25, 0.3) is 10.2 Å². The summed E-state index contributed by atoms with van der Waals surface area (Å²) < 4.78 is 62.4. The Morgan fingerprint density at radius 3 is 2.14 bits per heavy atom. The Morgan fingerprint density at radius 1 is 1.19 bits per heavy atom. The predicted molar refractivity (Wildman–Crippen MR) is 75.0 cm³/mol. The van der Waals surface area contributed by atoms with E-state index in [2.05, 4.69) is 26.1 Å². The number of alkyl halides is 3. The molecule has 0 bridgehead atoms. The van der Waals surface area contributed by atoms with E-state index >= 15 is 0 Å². The molecule has 126 valence electrons. The van der Waals surface area contributed by atoms with Crippen molar-refractivity contribution >= 4 is 10.2 Å². The second-order valence-corrected chi connectivity index (χ2v) is 7.57. The van der Waals surface area contributed by atoms with Gasteiger partial charge in [-0.2, -0.15) is 30.6 Å². The summed E-state index contributed by atoms with van der Waals surface area (Å²) in [6.07, 6.45) is -3.34. The summed E-state index contributed by atoms with van der Waals surface area (Å²) in [5.74, 6) is 0.472. The van der Waals surface area contributed by atoms with E-state index in [9.17, 15) is 21.6 Å². The van der Waals surface area contributed by atoms with Crippen LogP contribution in [0.5, 0.6) is 0 Å². The standard InChI is InChI=1S/C12H24F3N3O2S/c1-9(2)10(3)17-11-4-6-18(7-5-11)21(19,20)16-8-12(13,14)15/h9-11,16-17H,4-8H2,1-3H3/t10-/m0/s1. The van der Waals surface area contributed by atoms with Gasteiger partial charge in [0.2, 0.25) is 0 Å². The fourth-order valence-electron chi connectivity index (χ4n) is 2.09. The third-order valence-corrected chi connectivity index (χ3v) is 5.30. The number of hydrogen-bond donors (Lipinski definition) is 2. The Balaban J connectivity index is 2.45. The number of nitrogens with one attached hydrogen (secondary N) is 2. The van der Waals surface area contributed by atoms with Gasteiger partial charge in [-0.3, -0.25) is 0 Å². The number of hydrogen-bond acceptors (Lipinski definition) is 3. The van der Waals surface area contributed by atoms with E-state index in [1.165, 1.54) is 0 Å². The molecule has 0 aliphatic carbocycles. The Labute approximate surface area is 124 Å². The molecule has 5 nitrogen and oxygen atoms in total. The molecule has 0 amide bonds. The first-order valence-electron chi connectivity index (χ1n) is 7.09. The van der Waals surface area contributed by atoms with Crippen LogP contribution in [0.1, 0.15) is 33.6 Å². The molecule has 2 N–H and O–H groups in total. The Morgan fingerprint density at radius 2 is 1.71 bits per heavy atom. The predicted octanol–water partition coefficient (Wildman–Crippen LogP) is 1.48. The van der Waals surface area contributed by atoms with Crippen molar-refractivity contribution in [2.75, 3.05) is 19.6 Å². The number of piperidine rings is 1. The maximum absolute atomic E-state index is 12.1. The molecular weight excluding hydrogens is 307 g/mol. The van der Waals surface area contributed by atoms with Gasteiger partial charge in [-0.25, -0.2) is 0 Å². The van der Waals surface area contributed by atoms with Gasteiger partial charge in [0.1, 0.15) is 6.54 Å². The molecule has 1 fully saturated rings. The third kappa shape index (κ3) is 6.50. The first-order chi connectivity index (χ1) is 9.51. The van der Waals surface area contributed by atoms with Crippen molar-refractivity contribution in [1.82, 2.24) is 14.3 Å². The lowest BCUT2D eigenvalue weighted by atomic mass is 10.0. The molecule has 1 atom stereocenters. The van der Waals surface area contributed by atoms with Crippen molar-refractivity contribution in [2.45, 2.75) is 51.9 Å². The summed E-state index contributed by atoms with van der Waals surface area (Å²) in [5, 5.41) is 3.42. The van der Waals surface area contributed by atoms with Crippen LogP contribution in [-0.2, 0) is 10.2 Å². The van der Waals surface area contributed by atoms with Crippen LogP contribution in [0.25, 0.3) is 0 Å². The smallest absolute Gasteiger partial charge is 0.311 e. The quantitative estimate of drug-likeness (QED) is 0.775. The van der Waals surface area contributed by atoms with Gasteiger partial charge >= 0.3 is 6.18 Å². The van der Waals surface area contributed by atoms with Gasteiger partial charge in [-0.1, -0.05) is 13.8 Å². The molecule has 1 rings (SSSR count). The highest BCUT2D eigenvalue weighted by Crippen LogP contribution is 2.17. The van der Waals surface area contributed by atoms with Crippen molar-refractivity contribution in [3.8, 4) is 0 Å². The summed E-state index contributed by atoms with van der Waals surface area (Å²) in [4.78, 5) is 0. The molecule has 0 spiro atoms. The average molecular weight is 331 g/mol. The third-order valence-electron chi connectivity index (χ3n) is 3.75. The Bertz CT molecular complexity index is 418. The minimum atomic E-state index is -4.54. The van der Waals surface area contributed by atoms with Crippen LogP contribution < -0.4 is 10.0 Å². The van der Waals surface area contributed by atoms with Gasteiger partial charge < -0.3 is 5.32 Å². The molecule has 0 saturated carbocycles. The number of nitrogens with zero attached hydrogens (tertiary/aromatic N) is 1. The molecule has 0 unspecified atom stereocenters. The van der Waals surface area contributed by atoms with Crippen molar-refractivity contribution in [2.24, 2.45) is 5.92 Å². The van der Waals surface area contributed by atoms with E-state index in [-0.39, 0.29) is 19.1 Å². The zero-order valence-electron chi connectivity index (χ0n) is 12.6. The van der Waals surface area contributed by atoms with Crippen LogP contribution in [0.4, 0.5) is 13.2 Å². The SMILES string of the molecule is CC(C)[C@H](C)NC1CCN(S(=O)(=O)NCC(F)(F)F)CC1. The van der Waals surface area contributed by atoms with Gasteiger partial charge in [0.15, 0.2) is 0 Å². The van der Waals surface area contributed by atoms with Crippen LogP contribution in [-0.4, -0.2) is 50.6 Å². The largest absolute Gasteiger partial charge is 0.402 e. The van der Waals surface area contributed by atoms with E-state index in [4.69, 9.17) is 0 Å². The van der Waals surface area contributed by atoms with E-state index < -0.39 is 22.9 Å². The van der Waals surface area contributed by atoms with Gasteiger partial charge in [-0.15, -0.1) is 0 Å². The van der Waals surface area contributed by atoms with Gasteiger partial charge in [0, 0.05) is 25.2 Å². The molecule has 21 heavy (non-hydrogen) atoms. The molecule has 1 aliphatic heterocycles.